The molecule has 0 bridgehead atoms. The first kappa shape index (κ1) is 11.2. The maximum Gasteiger partial charge on any atom is 0.242 e. The number of ether oxygens (including phenoxy) is 1. The third kappa shape index (κ3) is 3.34. The van der Waals surface area contributed by atoms with Gasteiger partial charge in [-0.2, -0.15) is 0 Å². The molecule has 0 aromatic heterocycles. The molecule has 85 valence electrons. The zero-order valence-corrected chi connectivity index (χ0v) is 9.22. The number of para-hydroxylation sites is 1. The van der Waals surface area contributed by atoms with Gasteiger partial charge in [0.05, 0.1) is 6.42 Å². The summed E-state index contributed by atoms with van der Waals surface area (Å²) in [5.74, 6) is 0.832. The SMILES string of the molecule is [NH]C(=O)Cc1cccc(Oc2ccccc2)c1. The van der Waals surface area contributed by atoms with E-state index in [4.69, 9.17) is 10.5 Å². The summed E-state index contributed by atoms with van der Waals surface area (Å²) < 4.78 is 5.63. The Bertz CT molecular complexity index is 509. The lowest BCUT2D eigenvalue weighted by Crippen LogP contribution is -2.02. The number of nitrogens with one attached hydrogen (secondary N) is 1. The molecular formula is C14H12NO2. The zero-order chi connectivity index (χ0) is 12.1. The van der Waals surface area contributed by atoms with E-state index in [0.717, 1.165) is 11.3 Å². The van der Waals surface area contributed by atoms with Crippen molar-refractivity contribution >= 4 is 5.91 Å². The van der Waals surface area contributed by atoms with Crippen LogP contribution >= 0.6 is 0 Å². The molecule has 0 fully saturated rings. The summed E-state index contributed by atoms with van der Waals surface area (Å²) in [4.78, 5) is 10.7. The van der Waals surface area contributed by atoms with Crippen LogP contribution < -0.4 is 10.5 Å². The normalized spacial score (nSPS) is 9.88. The van der Waals surface area contributed by atoms with Crippen LogP contribution in [0.15, 0.2) is 54.6 Å². The maximum atomic E-state index is 10.7. The topological polar surface area (TPSA) is 50.1 Å². The third-order valence-corrected chi connectivity index (χ3v) is 2.24. The van der Waals surface area contributed by atoms with Gasteiger partial charge in [-0.3, -0.25) is 10.5 Å². The van der Waals surface area contributed by atoms with E-state index in [2.05, 4.69) is 0 Å². The van der Waals surface area contributed by atoms with Crippen molar-refractivity contribution in [2.75, 3.05) is 0 Å². The molecule has 0 aliphatic carbocycles. The van der Waals surface area contributed by atoms with Gasteiger partial charge in [0, 0.05) is 0 Å². The Labute approximate surface area is 99.8 Å². The third-order valence-electron chi connectivity index (χ3n) is 2.24. The zero-order valence-electron chi connectivity index (χ0n) is 9.22. The summed E-state index contributed by atoms with van der Waals surface area (Å²) in [5.41, 5.74) is 7.72. The first-order valence-electron chi connectivity index (χ1n) is 5.30. The molecule has 0 aliphatic rings. The largest absolute Gasteiger partial charge is 0.457 e. The van der Waals surface area contributed by atoms with Crippen molar-refractivity contribution in [2.45, 2.75) is 6.42 Å². The number of carbonyl (C=O) groups excluding carboxylic acids is 1. The summed E-state index contributed by atoms with van der Waals surface area (Å²) in [5, 5.41) is 0. The van der Waals surface area contributed by atoms with E-state index in [0.29, 0.717) is 5.75 Å². The highest BCUT2D eigenvalue weighted by Crippen LogP contribution is 2.21. The standard InChI is InChI=1S/C14H12NO2/c15-14(16)10-11-5-4-8-13(9-11)17-12-6-2-1-3-7-12/h1-9,15H,10H2. The van der Waals surface area contributed by atoms with Gasteiger partial charge in [0.1, 0.15) is 11.5 Å². The van der Waals surface area contributed by atoms with Crippen molar-refractivity contribution in [3.8, 4) is 11.5 Å². The molecule has 0 unspecified atom stereocenters. The number of hydrogen-bond donors (Lipinski definition) is 0. The highest BCUT2D eigenvalue weighted by atomic mass is 16.5. The monoisotopic (exact) mass is 226 g/mol. The molecule has 2 aromatic carbocycles. The molecule has 1 radical (unpaired) electrons. The van der Waals surface area contributed by atoms with Crippen LogP contribution in [0.25, 0.3) is 0 Å². The number of hydrogen-bond acceptors (Lipinski definition) is 2. The molecule has 3 nitrogen and oxygen atoms in total. The number of amides is 1. The molecule has 0 saturated heterocycles. The summed E-state index contributed by atoms with van der Waals surface area (Å²) in [6.45, 7) is 0. The van der Waals surface area contributed by atoms with E-state index in [9.17, 15) is 4.79 Å². The predicted molar refractivity (Wildman–Crippen MR) is 64.8 cm³/mol. The molecule has 2 aromatic rings. The second-order valence-electron chi connectivity index (χ2n) is 3.66. The molecule has 0 saturated carbocycles. The van der Waals surface area contributed by atoms with Gasteiger partial charge in [0.2, 0.25) is 5.91 Å². The van der Waals surface area contributed by atoms with E-state index < -0.39 is 5.91 Å². The summed E-state index contributed by atoms with van der Waals surface area (Å²) in [6.07, 6.45) is 0.117. The number of carbonyl (C=O) groups is 1. The number of benzene rings is 2. The van der Waals surface area contributed by atoms with E-state index in [-0.39, 0.29) is 6.42 Å². The van der Waals surface area contributed by atoms with Crippen LogP contribution in [0.5, 0.6) is 11.5 Å². The Balaban J connectivity index is 2.14. The van der Waals surface area contributed by atoms with Gasteiger partial charge in [-0.15, -0.1) is 0 Å². The quantitative estimate of drug-likeness (QED) is 0.804. The second-order valence-corrected chi connectivity index (χ2v) is 3.66. The van der Waals surface area contributed by atoms with Crippen LogP contribution in [0.1, 0.15) is 5.56 Å². The predicted octanol–water partition coefficient (Wildman–Crippen LogP) is 2.83. The number of rotatable bonds is 4. The van der Waals surface area contributed by atoms with Crippen molar-refractivity contribution in [1.29, 1.82) is 0 Å². The second kappa shape index (κ2) is 5.16. The molecule has 0 spiro atoms. The Morgan fingerprint density at radius 1 is 1.00 bits per heavy atom. The summed E-state index contributed by atoms with van der Waals surface area (Å²) in [7, 11) is 0. The Hall–Kier alpha value is -2.29. The highest BCUT2D eigenvalue weighted by molar-refractivity contribution is 5.75. The van der Waals surface area contributed by atoms with Gasteiger partial charge in [-0.25, -0.2) is 0 Å². The molecule has 2 rings (SSSR count). The van der Waals surface area contributed by atoms with Gasteiger partial charge in [-0.05, 0) is 29.8 Å². The van der Waals surface area contributed by atoms with E-state index in [1.54, 1.807) is 6.07 Å². The fourth-order valence-electron chi connectivity index (χ4n) is 1.53. The van der Waals surface area contributed by atoms with Crippen molar-refractivity contribution < 1.29 is 9.53 Å². The van der Waals surface area contributed by atoms with Crippen LogP contribution in [0, 0.1) is 0 Å². The Kier molecular flexibility index (Phi) is 3.40. The Morgan fingerprint density at radius 3 is 2.41 bits per heavy atom. The van der Waals surface area contributed by atoms with Gasteiger partial charge in [0.15, 0.2) is 0 Å². The summed E-state index contributed by atoms with van der Waals surface area (Å²) >= 11 is 0. The van der Waals surface area contributed by atoms with Gasteiger partial charge < -0.3 is 4.74 Å². The first-order chi connectivity index (χ1) is 8.24. The lowest BCUT2D eigenvalue weighted by atomic mass is 10.1. The lowest BCUT2D eigenvalue weighted by molar-refractivity contribution is -0.118. The average molecular weight is 226 g/mol. The fraction of sp³-hybridized carbons (Fsp3) is 0.0714. The van der Waals surface area contributed by atoms with Crippen molar-refractivity contribution in [3.63, 3.8) is 0 Å². The molecule has 1 amide bonds. The van der Waals surface area contributed by atoms with Crippen molar-refractivity contribution in [1.82, 2.24) is 5.73 Å². The molecule has 0 heterocycles. The lowest BCUT2D eigenvalue weighted by Gasteiger charge is -2.06. The van der Waals surface area contributed by atoms with Crippen LogP contribution in [0.3, 0.4) is 0 Å². The molecule has 17 heavy (non-hydrogen) atoms. The van der Waals surface area contributed by atoms with Gasteiger partial charge in [-0.1, -0.05) is 30.3 Å². The van der Waals surface area contributed by atoms with E-state index >= 15 is 0 Å². The van der Waals surface area contributed by atoms with Gasteiger partial charge >= 0.3 is 0 Å². The minimum Gasteiger partial charge on any atom is -0.457 e. The molecule has 0 atom stereocenters. The first-order valence-corrected chi connectivity index (χ1v) is 5.30. The average Bonchev–Trinajstić information content (AvgIpc) is 2.30. The van der Waals surface area contributed by atoms with E-state index in [1.807, 2.05) is 48.5 Å². The molecule has 0 aliphatic heterocycles. The minimum atomic E-state index is -0.595. The smallest absolute Gasteiger partial charge is 0.242 e. The van der Waals surface area contributed by atoms with Crippen molar-refractivity contribution in [3.05, 3.63) is 60.2 Å². The highest BCUT2D eigenvalue weighted by Gasteiger charge is 2.01. The summed E-state index contributed by atoms with van der Waals surface area (Å²) in [6, 6.07) is 16.7. The molecule has 1 N–H and O–H groups in total. The molecule has 3 heteroatoms. The van der Waals surface area contributed by atoms with Crippen LogP contribution in [-0.4, -0.2) is 5.91 Å². The molecular weight excluding hydrogens is 214 g/mol. The van der Waals surface area contributed by atoms with E-state index in [1.165, 1.54) is 0 Å². The fourth-order valence-corrected chi connectivity index (χ4v) is 1.53. The minimum absolute atomic E-state index is 0.117. The van der Waals surface area contributed by atoms with Crippen LogP contribution in [-0.2, 0) is 11.2 Å². The van der Waals surface area contributed by atoms with Crippen molar-refractivity contribution in [2.24, 2.45) is 0 Å². The van der Waals surface area contributed by atoms with Crippen LogP contribution in [0.2, 0.25) is 0 Å². The maximum absolute atomic E-state index is 10.7. The van der Waals surface area contributed by atoms with Crippen LogP contribution in [0.4, 0.5) is 0 Å². The van der Waals surface area contributed by atoms with Gasteiger partial charge in [0.25, 0.3) is 0 Å². The Morgan fingerprint density at radius 2 is 1.71 bits per heavy atom.